The first-order valence-electron chi connectivity index (χ1n) is 5.18. The van der Waals surface area contributed by atoms with Gasteiger partial charge in [0, 0.05) is 24.6 Å². The van der Waals surface area contributed by atoms with E-state index in [9.17, 15) is 14.9 Å². The van der Waals surface area contributed by atoms with Crippen LogP contribution in [0.25, 0.3) is 11.4 Å². The van der Waals surface area contributed by atoms with Crippen LogP contribution >= 0.6 is 0 Å². The molecule has 1 aromatic carbocycles. The van der Waals surface area contributed by atoms with Gasteiger partial charge in [-0.1, -0.05) is 12.1 Å². The zero-order valence-corrected chi connectivity index (χ0v) is 9.82. The Balaban J connectivity index is 2.49. The normalized spacial score (nSPS) is 10.3. The standard InChI is InChI=1S/C11H10N4O3/c1-7-12-11(13-14(7)8(2)16)9-4-3-5-10(6-9)15(17)18/h3-6H,1-2H3. The van der Waals surface area contributed by atoms with E-state index >= 15 is 0 Å². The van der Waals surface area contributed by atoms with E-state index in [1.807, 2.05) is 0 Å². The molecule has 0 fully saturated rings. The van der Waals surface area contributed by atoms with Gasteiger partial charge >= 0.3 is 0 Å². The molecule has 7 nitrogen and oxygen atoms in total. The smallest absolute Gasteiger partial charge is 0.270 e. The summed E-state index contributed by atoms with van der Waals surface area (Å²) in [7, 11) is 0. The second-order valence-electron chi connectivity index (χ2n) is 3.72. The third-order valence-electron chi connectivity index (χ3n) is 2.38. The third kappa shape index (κ3) is 2.10. The van der Waals surface area contributed by atoms with E-state index in [1.54, 1.807) is 19.1 Å². The molecule has 0 amide bonds. The molecule has 0 saturated heterocycles. The zero-order chi connectivity index (χ0) is 13.3. The molecule has 0 aliphatic rings. The topological polar surface area (TPSA) is 90.9 Å². The van der Waals surface area contributed by atoms with E-state index in [-0.39, 0.29) is 11.6 Å². The first kappa shape index (κ1) is 11.9. The van der Waals surface area contributed by atoms with Gasteiger partial charge in [-0.3, -0.25) is 14.9 Å². The molecule has 0 unspecified atom stereocenters. The number of carbonyl (C=O) groups excluding carboxylic acids is 1. The monoisotopic (exact) mass is 246 g/mol. The highest BCUT2D eigenvalue weighted by Crippen LogP contribution is 2.21. The van der Waals surface area contributed by atoms with Crippen molar-refractivity contribution in [1.82, 2.24) is 14.8 Å². The van der Waals surface area contributed by atoms with Gasteiger partial charge in [0.2, 0.25) is 5.91 Å². The van der Waals surface area contributed by atoms with Crippen LogP contribution < -0.4 is 0 Å². The molecule has 2 rings (SSSR count). The molecule has 1 aromatic heterocycles. The largest absolute Gasteiger partial charge is 0.273 e. The van der Waals surface area contributed by atoms with Crippen molar-refractivity contribution in [3.05, 3.63) is 40.2 Å². The number of hydrogen-bond donors (Lipinski definition) is 0. The molecule has 0 bridgehead atoms. The number of nitrogens with zero attached hydrogens (tertiary/aromatic N) is 4. The Bertz CT molecular complexity index is 633. The van der Waals surface area contributed by atoms with Crippen LogP contribution in [0.3, 0.4) is 0 Å². The third-order valence-corrected chi connectivity index (χ3v) is 2.38. The first-order chi connectivity index (χ1) is 8.49. The summed E-state index contributed by atoms with van der Waals surface area (Å²) in [4.78, 5) is 25.5. The Morgan fingerprint density at radius 1 is 1.44 bits per heavy atom. The molecule has 0 saturated carbocycles. The maximum absolute atomic E-state index is 11.2. The predicted molar refractivity (Wildman–Crippen MR) is 63.1 cm³/mol. The molecular formula is C11H10N4O3. The number of aromatic nitrogens is 3. The van der Waals surface area contributed by atoms with E-state index in [0.717, 1.165) is 4.68 Å². The lowest BCUT2D eigenvalue weighted by Crippen LogP contribution is -2.09. The molecule has 7 heteroatoms. The number of hydrogen-bond acceptors (Lipinski definition) is 5. The fourth-order valence-electron chi connectivity index (χ4n) is 1.57. The average molecular weight is 246 g/mol. The van der Waals surface area contributed by atoms with E-state index in [4.69, 9.17) is 0 Å². The summed E-state index contributed by atoms with van der Waals surface area (Å²) in [5.41, 5.74) is 0.469. The van der Waals surface area contributed by atoms with Crippen LogP contribution in [-0.2, 0) is 0 Å². The van der Waals surface area contributed by atoms with Gasteiger partial charge < -0.3 is 0 Å². The van der Waals surface area contributed by atoms with E-state index < -0.39 is 4.92 Å². The first-order valence-corrected chi connectivity index (χ1v) is 5.18. The number of rotatable bonds is 2. The van der Waals surface area contributed by atoms with Crippen molar-refractivity contribution in [2.45, 2.75) is 13.8 Å². The molecule has 0 aliphatic carbocycles. The van der Waals surface area contributed by atoms with Gasteiger partial charge in [-0.05, 0) is 6.92 Å². The minimum atomic E-state index is -0.488. The molecule has 0 atom stereocenters. The van der Waals surface area contributed by atoms with Gasteiger partial charge in [-0.15, -0.1) is 5.10 Å². The fourth-order valence-corrected chi connectivity index (χ4v) is 1.57. The Kier molecular flexibility index (Phi) is 2.88. The lowest BCUT2D eigenvalue weighted by Gasteiger charge is -1.95. The molecule has 0 aliphatic heterocycles. The summed E-state index contributed by atoms with van der Waals surface area (Å²) in [5, 5.41) is 14.7. The van der Waals surface area contributed by atoms with Crippen LogP contribution in [0.5, 0.6) is 0 Å². The van der Waals surface area contributed by atoms with Gasteiger partial charge in [-0.2, -0.15) is 4.68 Å². The van der Waals surface area contributed by atoms with Crippen LogP contribution in [0.1, 0.15) is 17.5 Å². The summed E-state index contributed by atoms with van der Waals surface area (Å²) < 4.78 is 1.16. The van der Waals surface area contributed by atoms with Crippen molar-refractivity contribution >= 4 is 11.6 Å². The molecule has 0 N–H and O–H groups in total. The molecule has 2 aromatic rings. The van der Waals surface area contributed by atoms with Gasteiger partial charge in [-0.25, -0.2) is 4.98 Å². The second kappa shape index (κ2) is 4.36. The number of non-ortho nitro benzene ring substituents is 1. The van der Waals surface area contributed by atoms with Crippen molar-refractivity contribution in [1.29, 1.82) is 0 Å². The minimum absolute atomic E-state index is 0.0377. The Labute approximate surface area is 102 Å². The van der Waals surface area contributed by atoms with Crippen LogP contribution in [0.15, 0.2) is 24.3 Å². The highest BCUT2D eigenvalue weighted by atomic mass is 16.6. The molecule has 1 heterocycles. The summed E-state index contributed by atoms with van der Waals surface area (Å²) >= 11 is 0. The summed E-state index contributed by atoms with van der Waals surface area (Å²) in [5.74, 6) is 0.493. The van der Waals surface area contributed by atoms with E-state index in [2.05, 4.69) is 10.1 Å². The Morgan fingerprint density at radius 2 is 2.17 bits per heavy atom. The Morgan fingerprint density at radius 3 is 2.72 bits per heavy atom. The minimum Gasteiger partial charge on any atom is -0.273 e. The SMILES string of the molecule is CC(=O)n1nc(-c2cccc([N+](=O)[O-])c2)nc1C. The van der Waals surface area contributed by atoms with Gasteiger partial charge in [0.15, 0.2) is 5.82 Å². The lowest BCUT2D eigenvalue weighted by molar-refractivity contribution is -0.384. The van der Waals surface area contributed by atoms with Gasteiger partial charge in [0.25, 0.3) is 5.69 Å². The predicted octanol–water partition coefficient (Wildman–Crippen LogP) is 1.82. The van der Waals surface area contributed by atoms with E-state index in [0.29, 0.717) is 17.2 Å². The summed E-state index contributed by atoms with van der Waals surface area (Å²) in [6.45, 7) is 3.02. The molecule has 92 valence electrons. The second-order valence-corrected chi connectivity index (χ2v) is 3.72. The summed E-state index contributed by atoms with van der Waals surface area (Å²) in [6.07, 6.45) is 0. The molecule has 18 heavy (non-hydrogen) atoms. The molecule has 0 spiro atoms. The maximum Gasteiger partial charge on any atom is 0.270 e. The van der Waals surface area contributed by atoms with Crippen LogP contribution in [0.4, 0.5) is 5.69 Å². The molecular weight excluding hydrogens is 236 g/mol. The zero-order valence-electron chi connectivity index (χ0n) is 9.82. The lowest BCUT2D eigenvalue weighted by atomic mass is 10.2. The van der Waals surface area contributed by atoms with E-state index in [1.165, 1.54) is 19.1 Å². The number of aryl methyl sites for hydroxylation is 1. The molecule has 0 radical (unpaired) electrons. The van der Waals surface area contributed by atoms with Crippen molar-refractivity contribution in [2.24, 2.45) is 0 Å². The quantitative estimate of drug-likeness (QED) is 0.595. The van der Waals surface area contributed by atoms with Crippen molar-refractivity contribution in [3.8, 4) is 11.4 Å². The van der Waals surface area contributed by atoms with Crippen molar-refractivity contribution < 1.29 is 9.72 Å². The maximum atomic E-state index is 11.2. The van der Waals surface area contributed by atoms with Crippen LogP contribution in [0.2, 0.25) is 0 Å². The highest BCUT2D eigenvalue weighted by molar-refractivity contribution is 5.76. The van der Waals surface area contributed by atoms with Crippen molar-refractivity contribution in [3.63, 3.8) is 0 Å². The number of carbonyl (C=O) groups is 1. The van der Waals surface area contributed by atoms with Gasteiger partial charge in [0.05, 0.1) is 4.92 Å². The summed E-state index contributed by atoms with van der Waals surface area (Å²) in [6, 6.07) is 5.97. The average Bonchev–Trinajstić information content (AvgIpc) is 2.71. The number of nitro groups is 1. The highest BCUT2D eigenvalue weighted by Gasteiger charge is 2.13. The Hall–Kier alpha value is -2.57. The van der Waals surface area contributed by atoms with Crippen molar-refractivity contribution in [2.75, 3.05) is 0 Å². The van der Waals surface area contributed by atoms with Crippen LogP contribution in [0, 0.1) is 17.0 Å². The fraction of sp³-hybridized carbons (Fsp3) is 0.182. The van der Waals surface area contributed by atoms with Crippen LogP contribution in [-0.4, -0.2) is 25.6 Å². The van der Waals surface area contributed by atoms with Gasteiger partial charge in [0.1, 0.15) is 5.82 Å². The number of nitro benzene ring substituents is 1. The number of benzene rings is 1.